The van der Waals surface area contributed by atoms with E-state index in [0.29, 0.717) is 25.3 Å². The number of hydrogen-bond donors (Lipinski definition) is 0. The van der Waals surface area contributed by atoms with Crippen molar-refractivity contribution in [2.45, 2.75) is 38.5 Å². The number of amides is 1. The van der Waals surface area contributed by atoms with Gasteiger partial charge in [0.2, 0.25) is 5.91 Å². The third-order valence-electron chi connectivity index (χ3n) is 5.75. The Labute approximate surface area is 165 Å². The van der Waals surface area contributed by atoms with Crippen molar-refractivity contribution < 1.29 is 13.9 Å². The zero-order chi connectivity index (χ0) is 19.5. The molecule has 2 aliphatic rings. The first-order valence-electron chi connectivity index (χ1n) is 10.1. The lowest BCUT2D eigenvalue weighted by atomic mass is 10.1. The van der Waals surface area contributed by atoms with Gasteiger partial charge in [-0.05, 0) is 37.9 Å². The van der Waals surface area contributed by atoms with E-state index in [2.05, 4.69) is 36.1 Å². The lowest BCUT2D eigenvalue weighted by molar-refractivity contribution is -0.144. The highest BCUT2D eigenvalue weighted by Gasteiger charge is 2.36. The Bertz CT molecular complexity index is 841. The molecular weight excluding hydrogens is 355 g/mol. The Morgan fingerprint density at radius 2 is 2.04 bits per heavy atom. The molecule has 2 atom stereocenters. The monoisotopic (exact) mass is 382 g/mol. The zero-order valence-corrected chi connectivity index (χ0v) is 16.3. The third kappa shape index (κ3) is 4.10. The van der Waals surface area contributed by atoms with Crippen LogP contribution in [0.2, 0.25) is 0 Å². The number of aryl methyl sites for hydroxylation is 1. The van der Waals surface area contributed by atoms with Crippen molar-refractivity contribution in [3.05, 3.63) is 71.0 Å². The van der Waals surface area contributed by atoms with Crippen LogP contribution < -0.4 is 0 Å². The fourth-order valence-corrected chi connectivity index (χ4v) is 4.32. The van der Waals surface area contributed by atoms with E-state index in [-0.39, 0.29) is 17.8 Å². The summed E-state index contributed by atoms with van der Waals surface area (Å²) in [5, 5.41) is 0. The minimum atomic E-state index is -0.398. The highest BCUT2D eigenvalue weighted by Crippen LogP contribution is 2.27. The minimum absolute atomic E-state index is 0.0973. The summed E-state index contributed by atoms with van der Waals surface area (Å²) in [6.07, 6.45) is 1.51. The molecule has 0 aromatic heterocycles. The molecule has 0 radical (unpaired) electrons. The second-order valence-corrected chi connectivity index (χ2v) is 7.78. The van der Waals surface area contributed by atoms with Crippen LogP contribution in [0.15, 0.2) is 48.5 Å². The fraction of sp³-hybridized carbons (Fsp3) is 0.435. The van der Waals surface area contributed by atoms with Gasteiger partial charge in [-0.2, -0.15) is 0 Å². The number of rotatable bonds is 4. The maximum atomic E-state index is 14.1. The number of likely N-dealkylation sites (tertiary alicyclic amines) is 1. The predicted octanol–water partition coefficient (Wildman–Crippen LogP) is 3.70. The van der Waals surface area contributed by atoms with Gasteiger partial charge in [0.1, 0.15) is 11.9 Å². The Balaban J connectivity index is 1.44. The van der Waals surface area contributed by atoms with Crippen molar-refractivity contribution in [3.8, 4) is 0 Å². The third-order valence-corrected chi connectivity index (χ3v) is 5.75. The summed E-state index contributed by atoms with van der Waals surface area (Å²) in [5.41, 5.74) is 3.01. The number of ether oxygens (including phenoxy) is 1. The molecule has 2 unspecified atom stereocenters. The van der Waals surface area contributed by atoms with E-state index in [9.17, 15) is 9.18 Å². The highest BCUT2D eigenvalue weighted by atomic mass is 19.1. The van der Waals surface area contributed by atoms with E-state index >= 15 is 0 Å². The number of carbonyl (C=O) groups excluding carboxylic acids is 1. The van der Waals surface area contributed by atoms with E-state index in [1.165, 1.54) is 17.2 Å². The second-order valence-electron chi connectivity index (χ2n) is 7.78. The molecule has 0 bridgehead atoms. The van der Waals surface area contributed by atoms with Crippen LogP contribution in [0.3, 0.4) is 0 Å². The smallest absolute Gasteiger partial charge is 0.240 e. The molecule has 0 saturated carbocycles. The van der Waals surface area contributed by atoms with Crippen molar-refractivity contribution in [2.75, 3.05) is 26.2 Å². The lowest BCUT2D eigenvalue weighted by Crippen LogP contribution is -2.50. The molecule has 0 aliphatic carbocycles. The average Bonchev–Trinajstić information content (AvgIpc) is 3.16. The average molecular weight is 382 g/mol. The summed E-state index contributed by atoms with van der Waals surface area (Å²) in [7, 11) is 0. The minimum Gasteiger partial charge on any atom is -0.370 e. The van der Waals surface area contributed by atoms with Crippen molar-refractivity contribution in [1.29, 1.82) is 0 Å². The van der Waals surface area contributed by atoms with Gasteiger partial charge in [0.05, 0.1) is 19.2 Å². The molecule has 2 aliphatic heterocycles. The maximum Gasteiger partial charge on any atom is 0.240 e. The summed E-state index contributed by atoms with van der Waals surface area (Å²) < 4.78 is 19.9. The summed E-state index contributed by atoms with van der Waals surface area (Å²) in [6.45, 7) is 5.24. The van der Waals surface area contributed by atoms with Crippen molar-refractivity contribution in [3.63, 3.8) is 0 Å². The van der Waals surface area contributed by atoms with Crippen LogP contribution in [0.25, 0.3) is 0 Å². The molecule has 0 N–H and O–H groups in total. The Morgan fingerprint density at radius 1 is 1.18 bits per heavy atom. The molecule has 2 heterocycles. The van der Waals surface area contributed by atoms with Crippen LogP contribution >= 0.6 is 0 Å². The van der Waals surface area contributed by atoms with Gasteiger partial charge in [-0.15, -0.1) is 0 Å². The molecule has 2 aromatic carbocycles. The molecule has 4 rings (SSSR count). The topological polar surface area (TPSA) is 32.8 Å². The predicted molar refractivity (Wildman–Crippen MR) is 106 cm³/mol. The molecular formula is C23H27FN2O2. The van der Waals surface area contributed by atoms with E-state index in [4.69, 9.17) is 4.74 Å². The molecule has 148 valence electrons. The fourth-order valence-electron chi connectivity index (χ4n) is 4.32. The summed E-state index contributed by atoms with van der Waals surface area (Å²) >= 11 is 0. The second kappa shape index (κ2) is 8.41. The van der Waals surface area contributed by atoms with Crippen LogP contribution in [-0.4, -0.2) is 48.0 Å². The number of morpholine rings is 1. The first-order valence-corrected chi connectivity index (χ1v) is 10.1. The number of benzene rings is 2. The van der Waals surface area contributed by atoms with Crippen LogP contribution in [0.5, 0.6) is 0 Å². The van der Waals surface area contributed by atoms with E-state index in [1.54, 1.807) is 12.1 Å². The lowest BCUT2D eigenvalue weighted by Gasteiger charge is -2.36. The normalized spacial score (nSPS) is 23.1. The van der Waals surface area contributed by atoms with Crippen molar-refractivity contribution >= 4 is 5.91 Å². The van der Waals surface area contributed by atoms with Crippen molar-refractivity contribution in [1.82, 2.24) is 9.80 Å². The van der Waals surface area contributed by atoms with Gasteiger partial charge in [-0.1, -0.05) is 48.0 Å². The van der Waals surface area contributed by atoms with Gasteiger partial charge < -0.3 is 9.64 Å². The largest absolute Gasteiger partial charge is 0.370 e. The molecule has 2 aromatic rings. The summed E-state index contributed by atoms with van der Waals surface area (Å²) in [4.78, 5) is 17.4. The Kier molecular flexibility index (Phi) is 5.74. The van der Waals surface area contributed by atoms with Gasteiger partial charge >= 0.3 is 0 Å². The molecule has 1 amide bonds. The van der Waals surface area contributed by atoms with Crippen LogP contribution in [-0.2, 0) is 16.1 Å². The number of hydrogen-bond acceptors (Lipinski definition) is 3. The molecule has 0 spiro atoms. The molecule has 2 saturated heterocycles. The first-order chi connectivity index (χ1) is 13.6. The molecule has 4 nitrogen and oxygen atoms in total. The van der Waals surface area contributed by atoms with E-state index < -0.39 is 6.10 Å². The van der Waals surface area contributed by atoms with Crippen LogP contribution in [0.1, 0.15) is 35.6 Å². The van der Waals surface area contributed by atoms with Gasteiger partial charge in [-0.3, -0.25) is 9.69 Å². The Hall–Kier alpha value is -2.24. The molecule has 2 fully saturated rings. The number of carbonyl (C=O) groups is 1. The maximum absolute atomic E-state index is 14.1. The zero-order valence-electron chi connectivity index (χ0n) is 16.3. The molecule has 28 heavy (non-hydrogen) atoms. The van der Waals surface area contributed by atoms with E-state index in [0.717, 1.165) is 25.9 Å². The van der Waals surface area contributed by atoms with Crippen molar-refractivity contribution in [2.24, 2.45) is 0 Å². The summed E-state index contributed by atoms with van der Waals surface area (Å²) in [6, 6.07) is 15.0. The Morgan fingerprint density at radius 3 is 2.86 bits per heavy atom. The standard InChI is InChI=1S/C23H27FN2O2/c1-17-6-4-7-18(14-17)15-25-11-5-10-21(25)23(27)26-12-13-28-22(16-26)19-8-2-3-9-20(19)24/h2-4,6-9,14,21-22H,5,10-13,15-16H2,1H3. The molecule has 5 heteroatoms. The summed E-state index contributed by atoms with van der Waals surface area (Å²) in [5.74, 6) is -0.126. The van der Waals surface area contributed by atoms with Crippen LogP contribution in [0.4, 0.5) is 4.39 Å². The van der Waals surface area contributed by atoms with Crippen LogP contribution in [0, 0.1) is 12.7 Å². The van der Waals surface area contributed by atoms with Gasteiger partial charge in [0.25, 0.3) is 0 Å². The number of halogens is 1. The number of nitrogens with zero attached hydrogens (tertiary/aromatic N) is 2. The first kappa shape index (κ1) is 19.1. The van der Waals surface area contributed by atoms with Gasteiger partial charge in [0.15, 0.2) is 0 Å². The quantitative estimate of drug-likeness (QED) is 0.808. The highest BCUT2D eigenvalue weighted by molar-refractivity contribution is 5.82. The van der Waals surface area contributed by atoms with Gasteiger partial charge in [0, 0.05) is 18.7 Å². The van der Waals surface area contributed by atoms with Gasteiger partial charge in [-0.25, -0.2) is 4.39 Å². The van der Waals surface area contributed by atoms with E-state index in [1.807, 2.05) is 11.0 Å². The SMILES string of the molecule is Cc1cccc(CN2CCCC2C(=O)N2CCOC(c3ccccc3F)C2)c1.